The maximum absolute atomic E-state index is 13.9. The molecule has 1 N–H and O–H groups in total. The molecule has 4 rings (SSSR count). The van der Waals surface area contributed by atoms with E-state index in [1.807, 2.05) is 6.07 Å². The number of carbonyl (C=O) groups is 1. The van der Waals surface area contributed by atoms with Crippen LogP contribution in [0.3, 0.4) is 0 Å². The molecule has 2 aromatic heterocycles. The summed E-state index contributed by atoms with van der Waals surface area (Å²) in [6.07, 6.45) is 6.66. The summed E-state index contributed by atoms with van der Waals surface area (Å²) in [5, 5.41) is 2.81. The van der Waals surface area contributed by atoms with Gasteiger partial charge in [-0.25, -0.2) is 14.4 Å². The van der Waals surface area contributed by atoms with E-state index < -0.39 is 5.82 Å². The third kappa shape index (κ3) is 3.71. The molecule has 1 atom stereocenters. The number of amides is 1. The third-order valence-corrected chi connectivity index (χ3v) is 4.89. The van der Waals surface area contributed by atoms with E-state index in [9.17, 15) is 9.18 Å². The Morgan fingerprint density at radius 2 is 2.11 bits per heavy atom. The topological polar surface area (TPSA) is 80.2 Å². The van der Waals surface area contributed by atoms with Gasteiger partial charge in [0.05, 0.1) is 24.9 Å². The number of anilines is 2. The molecule has 0 saturated carbocycles. The van der Waals surface area contributed by atoms with E-state index in [2.05, 4.69) is 25.2 Å². The van der Waals surface area contributed by atoms with Crippen LogP contribution < -0.4 is 15.0 Å². The number of hydrogen-bond donors (Lipinski definition) is 1. The fourth-order valence-electron chi connectivity index (χ4n) is 3.43. The first-order chi connectivity index (χ1) is 13.6. The summed E-state index contributed by atoms with van der Waals surface area (Å²) < 4.78 is 18.8. The van der Waals surface area contributed by atoms with Gasteiger partial charge in [0.2, 0.25) is 5.91 Å². The van der Waals surface area contributed by atoms with Crippen molar-refractivity contribution >= 4 is 28.4 Å². The van der Waals surface area contributed by atoms with Crippen LogP contribution in [0, 0.1) is 11.7 Å². The molecule has 28 heavy (non-hydrogen) atoms. The zero-order valence-corrected chi connectivity index (χ0v) is 15.4. The smallest absolute Gasteiger partial charge is 0.229 e. The summed E-state index contributed by atoms with van der Waals surface area (Å²) in [6.45, 7) is 1.41. The molecule has 1 aliphatic rings. The maximum Gasteiger partial charge on any atom is 0.229 e. The van der Waals surface area contributed by atoms with Crippen LogP contribution in [0.4, 0.5) is 15.8 Å². The lowest BCUT2D eigenvalue weighted by atomic mass is 9.96. The number of piperidine rings is 1. The summed E-state index contributed by atoms with van der Waals surface area (Å²) in [6, 6.07) is 6.34. The van der Waals surface area contributed by atoms with E-state index in [1.54, 1.807) is 24.7 Å². The first kappa shape index (κ1) is 18.1. The second-order valence-electron chi connectivity index (χ2n) is 6.72. The van der Waals surface area contributed by atoms with E-state index >= 15 is 0 Å². The van der Waals surface area contributed by atoms with Crippen molar-refractivity contribution in [2.45, 2.75) is 12.8 Å². The average molecular weight is 381 g/mol. The normalized spacial score (nSPS) is 16.8. The van der Waals surface area contributed by atoms with Gasteiger partial charge >= 0.3 is 0 Å². The molecule has 1 unspecified atom stereocenters. The number of methoxy groups -OCH3 is 1. The zero-order valence-electron chi connectivity index (χ0n) is 15.4. The van der Waals surface area contributed by atoms with Crippen LogP contribution >= 0.6 is 0 Å². The van der Waals surface area contributed by atoms with Gasteiger partial charge in [0.25, 0.3) is 0 Å². The Bertz CT molecular complexity index is 1010. The molecule has 1 saturated heterocycles. The van der Waals surface area contributed by atoms with Gasteiger partial charge in [-0.3, -0.25) is 9.78 Å². The summed E-state index contributed by atoms with van der Waals surface area (Å²) in [5.41, 5.74) is 2.66. The fraction of sp³-hybridized carbons (Fsp3) is 0.300. The summed E-state index contributed by atoms with van der Waals surface area (Å²) in [5.74, 6) is -0.679. The SMILES string of the molecule is COc1ccc(NC(=O)C2CCCN(c3cnc4nccnc4c3)C2)cc1F. The zero-order chi connectivity index (χ0) is 19.5. The second kappa shape index (κ2) is 7.75. The molecule has 3 aromatic rings. The lowest BCUT2D eigenvalue weighted by Gasteiger charge is -2.33. The van der Waals surface area contributed by atoms with Crippen LogP contribution in [0.15, 0.2) is 42.9 Å². The number of benzene rings is 1. The lowest BCUT2D eigenvalue weighted by molar-refractivity contribution is -0.120. The predicted octanol–water partition coefficient (Wildman–Crippen LogP) is 3.03. The summed E-state index contributed by atoms with van der Waals surface area (Å²) >= 11 is 0. The molecule has 7 nitrogen and oxygen atoms in total. The van der Waals surface area contributed by atoms with Crippen LogP contribution in [-0.4, -0.2) is 41.1 Å². The minimum atomic E-state index is -0.506. The van der Waals surface area contributed by atoms with Gasteiger partial charge in [-0.15, -0.1) is 0 Å². The minimum absolute atomic E-state index is 0.122. The van der Waals surface area contributed by atoms with Crippen molar-refractivity contribution in [1.82, 2.24) is 15.0 Å². The molecule has 0 aliphatic carbocycles. The first-order valence-corrected chi connectivity index (χ1v) is 9.10. The van der Waals surface area contributed by atoms with E-state index in [4.69, 9.17) is 4.74 Å². The standard InChI is InChI=1S/C20H20FN5O2/c1-28-18-5-4-14(9-16(18)21)25-20(27)13-3-2-8-26(12-13)15-10-17-19(24-11-15)23-7-6-22-17/h4-7,9-11,13H,2-3,8,12H2,1H3,(H,25,27). The van der Waals surface area contributed by atoms with Crippen LogP contribution in [-0.2, 0) is 4.79 Å². The summed E-state index contributed by atoms with van der Waals surface area (Å²) in [7, 11) is 1.40. The van der Waals surface area contributed by atoms with Crippen molar-refractivity contribution in [3.63, 3.8) is 0 Å². The highest BCUT2D eigenvalue weighted by Gasteiger charge is 2.26. The van der Waals surface area contributed by atoms with Crippen molar-refractivity contribution < 1.29 is 13.9 Å². The van der Waals surface area contributed by atoms with Crippen LogP contribution in [0.5, 0.6) is 5.75 Å². The van der Waals surface area contributed by atoms with Gasteiger partial charge < -0.3 is 15.0 Å². The first-order valence-electron chi connectivity index (χ1n) is 9.10. The van der Waals surface area contributed by atoms with Gasteiger partial charge in [-0.05, 0) is 31.0 Å². The highest BCUT2D eigenvalue weighted by atomic mass is 19.1. The number of nitrogens with one attached hydrogen (secondary N) is 1. The Morgan fingerprint density at radius 3 is 2.93 bits per heavy atom. The van der Waals surface area contributed by atoms with Crippen molar-refractivity contribution in [2.75, 3.05) is 30.4 Å². The van der Waals surface area contributed by atoms with Gasteiger partial charge in [-0.1, -0.05) is 0 Å². The number of fused-ring (bicyclic) bond motifs is 1. The molecule has 0 radical (unpaired) electrons. The molecule has 8 heteroatoms. The van der Waals surface area contributed by atoms with E-state index in [1.165, 1.54) is 19.2 Å². The highest BCUT2D eigenvalue weighted by molar-refractivity contribution is 5.93. The Labute approximate surface area is 161 Å². The summed E-state index contributed by atoms with van der Waals surface area (Å²) in [4.78, 5) is 27.6. The number of aromatic nitrogens is 3. The number of rotatable bonds is 4. The molecule has 1 fully saturated rings. The van der Waals surface area contributed by atoms with E-state index in [0.29, 0.717) is 17.9 Å². The molecule has 0 bridgehead atoms. The monoisotopic (exact) mass is 381 g/mol. The quantitative estimate of drug-likeness (QED) is 0.748. The molecule has 1 amide bonds. The average Bonchev–Trinajstić information content (AvgIpc) is 2.73. The van der Waals surface area contributed by atoms with Crippen LogP contribution in [0.1, 0.15) is 12.8 Å². The minimum Gasteiger partial charge on any atom is -0.494 e. The maximum atomic E-state index is 13.9. The Kier molecular flexibility index (Phi) is 5.01. The molecule has 0 spiro atoms. The molecule has 144 valence electrons. The predicted molar refractivity (Wildman–Crippen MR) is 104 cm³/mol. The number of nitrogens with zero attached hydrogens (tertiary/aromatic N) is 4. The van der Waals surface area contributed by atoms with E-state index in [0.717, 1.165) is 30.6 Å². The number of pyridine rings is 1. The molecule has 3 heterocycles. The van der Waals surface area contributed by atoms with Gasteiger partial charge in [0, 0.05) is 37.2 Å². The fourth-order valence-corrected chi connectivity index (χ4v) is 3.43. The van der Waals surface area contributed by atoms with Gasteiger partial charge in [-0.2, -0.15) is 0 Å². The second-order valence-corrected chi connectivity index (χ2v) is 6.72. The number of ether oxygens (including phenoxy) is 1. The van der Waals surface area contributed by atoms with Crippen molar-refractivity contribution in [1.29, 1.82) is 0 Å². The molecular weight excluding hydrogens is 361 g/mol. The van der Waals surface area contributed by atoms with Crippen molar-refractivity contribution in [3.05, 3.63) is 48.7 Å². The number of hydrogen-bond acceptors (Lipinski definition) is 6. The largest absolute Gasteiger partial charge is 0.494 e. The van der Waals surface area contributed by atoms with Crippen LogP contribution in [0.2, 0.25) is 0 Å². The highest BCUT2D eigenvalue weighted by Crippen LogP contribution is 2.26. The Morgan fingerprint density at radius 1 is 1.25 bits per heavy atom. The lowest BCUT2D eigenvalue weighted by Crippen LogP contribution is -2.40. The molecular formula is C20H20FN5O2. The van der Waals surface area contributed by atoms with E-state index in [-0.39, 0.29) is 17.6 Å². The third-order valence-electron chi connectivity index (χ3n) is 4.89. The van der Waals surface area contributed by atoms with Gasteiger partial charge in [0.1, 0.15) is 5.52 Å². The van der Waals surface area contributed by atoms with Crippen molar-refractivity contribution in [2.24, 2.45) is 5.92 Å². The Hall–Kier alpha value is -3.29. The Balaban J connectivity index is 1.46. The van der Waals surface area contributed by atoms with Crippen LogP contribution in [0.25, 0.3) is 11.2 Å². The number of carbonyl (C=O) groups excluding carboxylic acids is 1. The molecule has 1 aliphatic heterocycles. The number of halogens is 1. The van der Waals surface area contributed by atoms with Gasteiger partial charge in [0.15, 0.2) is 17.2 Å². The molecule has 1 aromatic carbocycles. The van der Waals surface area contributed by atoms with Crippen molar-refractivity contribution in [3.8, 4) is 5.75 Å².